The molecule has 100 valence electrons. The van der Waals surface area contributed by atoms with Crippen molar-refractivity contribution in [2.45, 2.75) is 51.2 Å². The molecule has 1 amide bonds. The van der Waals surface area contributed by atoms with Crippen LogP contribution < -0.4 is 5.32 Å². The number of amides is 1. The lowest BCUT2D eigenvalue weighted by Gasteiger charge is -2.34. The van der Waals surface area contributed by atoms with Crippen molar-refractivity contribution in [1.82, 2.24) is 15.1 Å². The predicted molar refractivity (Wildman–Crippen MR) is 71.0 cm³/mol. The van der Waals surface area contributed by atoms with Crippen LogP contribution in [0, 0.1) is 0 Å². The quantitative estimate of drug-likeness (QED) is 0.798. The second-order valence-electron chi connectivity index (χ2n) is 6.28. The number of hydrogen-bond acceptors (Lipinski definition) is 3. The molecule has 1 aliphatic rings. The molecule has 1 aliphatic heterocycles. The zero-order chi connectivity index (χ0) is 13.2. The first-order valence-electron chi connectivity index (χ1n) is 6.40. The Balaban J connectivity index is 2.44. The van der Waals surface area contributed by atoms with Crippen LogP contribution in [0.15, 0.2) is 0 Å². The van der Waals surface area contributed by atoms with E-state index in [1.54, 1.807) is 4.90 Å². The van der Waals surface area contributed by atoms with Gasteiger partial charge in [0.15, 0.2) is 0 Å². The van der Waals surface area contributed by atoms with Gasteiger partial charge in [-0.15, -0.1) is 0 Å². The largest absolute Gasteiger partial charge is 0.347 e. The van der Waals surface area contributed by atoms with Gasteiger partial charge < -0.3 is 10.2 Å². The minimum atomic E-state index is 0.0170. The first-order valence-corrected chi connectivity index (χ1v) is 6.40. The number of nitrogens with one attached hydrogen (secondary N) is 1. The zero-order valence-corrected chi connectivity index (χ0v) is 12.1. The first-order chi connectivity index (χ1) is 7.71. The average Bonchev–Trinajstić information content (AvgIpc) is 2.63. The number of likely N-dealkylation sites (N-methyl/N-ethyl adjacent to an activating group) is 2. The van der Waals surface area contributed by atoms with E-state index < -0.39 is 0 Å². The summed E-state index contributed by atoms with van der Waals surface area (Å²) in [6.45, 7) is 7.64. The summed E-state index contributed by atoms with van der Waals surface area (Å²) in [4.78, 5) is 15.8. The molecule has 0 saturated carbocycles. The summed E-state index contributed by atoms with van der Waals surface area (Å²) in [5, 5.41) is 3.44. The smallest absolute Gasteiger partial charge is 0.239 e. The van der Waals surface area contributed by atoms with Crippen LogP contribution in [0.4, 0.5) is 0 Å². The monoisotopic (exact) mass is 241 g/mol. The molecule has 1 saturated heterocycles. The molecular formula is C13H27N3O. The number of nitrogens with zero attached hydrogens (tertiary/aromatic N) is 2. The van der Waals surface area contributed by atoms with Crippen molar-refractivity contribution < 1.29 is 4.79 Å². The number of rotatable bonds is 3. The van der Waals surface area contributed by atoms with Crippen LogP contribution >= 0.6 is 0 Å². The Labute approximate surface area is 105 Å². The van der Waals surface area contributed by atoms with Gasteiger partial charge in [-0.25, -0.2) is 0 Å². The second-order valence-corrected chi connectivity index (χ2v) is 6.28. The van der Waals surface area contributed by atoms with Gasteiger partial charge in [0.05, 0.1) is 6.04 Å². The van der Waals surface area contributed by atoms with Gasteiger partial charge in [0.2, 0.25) is 5.91 Å². The number of hydrogen-bond donors (Lipinski definition) is 1. The Kier molecular flexibility index (Phi) is 4.55. The minimum absolute atomic E-state index is 0.0170. The highest BCUT2D eigenvalue weighted by molar-refractivity contribution is 5.81. The third kappa shape index (κ3) is 3.96. The van der Waals surface area contributed by atoms with Gasteiger partial charge in [-0.1, -0.05) is 0 Å². The van der Waals surface area contributed by atoms with E-state index in [0.29, 0.717) is 6.04 Å². The molecule has 0 aromatic heterocycles. The highest BCUT2D eigenvalue weighted by Crippen LogP contribution is 2.18. The van der Waals surface area contributed by atoms with Gasteiger partial charge in [-0.3, -0.25) is 9.69 Å². The van der Waals surface area contributed by atoms with Crippen molar-refractivity contribution in [3.63, 3.8) is 0 Å². The fourth-order valence-electron chi connectivity index (χ4n) is 2.07. The second kappa shape index (κ2) is 5.36. The normalized spacial score (nSPS) is 25.4. The lowest BCUT2D eigenvalue weighted by atomic mass is 10.1. The lowest BCUT2D eigenvalue weighted by molar-refractivity contribution is -0.130. The minimum Gasteiger partial charge on any atom is -0.347 e. The summed E-state index contributed by atoms with van der Waals surface area (Å²) in [5.41, 5.74) is 0.186. The van der Waals surface area contributed by atoms with Gasteiger partial charge in [0, 0.05) is 32.2 Å². The SMILES string of the molecule is CN(C)C(=O)C1CCC(CN(C)C(C)(C)C)N1. The predicted octanol–water partition coefficient (Wildman–Crippen LogP) is 0.925. The Bertz CT molecular complexity index is 270. The molecule has 4 nitrogen and oxygen atoms in total. The molecule has 0 aromatic carbocycles. The Morgan fingerprint density at radius 2 is 1.82 bits per heavy atom. The third-order valence-electron chi connectivity index (χ3n) is 3.62. The average molecular weight is 241 g/mol. The molecule has 2 atom stereocenters. The fraction of sp³-hybridized carbons (Fsp3) is 0.923. The molecule has 0 radical (unpaired) electrons. The molecule has 0 aliphatic carbocycles. The molecule has 1 heterocycles. The van der Waals surface area contributed by atoms with E-state index >= 15 is 0 Å². The van der Waals surface area contributed by atoms with Crippen LogP contribution in [-0.4, -0.2) is 61.0 Å². The molecule has 0 bridgehead atoms. The maximum atomic E-state index is 11.8. The molecule has 17 heavy (non-hydrogen) atoms. The van der Waals surface area contributed by atoms with Crippen molar-refractivity contribution in [2.24, 2.45) is 0 Å². The van der Waals surface area contributed by atoms with Gasteiger partial charge in [0.1, 0.15) is 0 Å². The maximum absolute atomic E-state index is 11.8. The Morgan fingerprint density at radius 1 is 1.24 bits per heavy atom. The van der Waals surface area contributed by atoms with Crippen molar-refractivity contribution in [2.75, 3.05) is 27.7 Å². The highest BCUT2D eigenvalue weighted by Gasteiger charge is 2.31. The van der Waals surface area contributed by atoms with Gasteiger partial charge in [-0.05, 0) is 40.7 Å². The number of carbonyl (C=O) groups is 1. The molecule has 1 N–H and O–H groups in total. The van der Waals surface area contributed by atoms with Crippen molar-refractivity contribution in [3.05, 3.63) is 0 Å². The van der Waals surface area contributed by atoms with Crippen molar-refractivity contribution in [1.29, 1.82) is 0 Å². The molecule has 1 rings (SSSR count). The summed E-state index contributed by atoms with van der Waals surface area (Å²) in [7, 11) is 5.78. The first kappa shape index (κ1) is 14.5. The Hall–Kier alpha value is -0.610. The summed E-state index contributed by atoms with van der Waals surface area (Å²) in [5.74, 6) is 0.200. The van der Waals surface area contributed by atoms with Gasteiger partial charge >= 0.3 is 0 Å². The van der Waals surface area contributed by atoms with Crippen LogP contribution in [0.25, 0.3) is 0 Å². The van der Waals surface area contributed by atoms with E-state index in [-0.39, 0.29) is 17.5 Å². The Morgan fingerprint density at radius 3 is 2.29 bits per heavy atom. The molecule has 2 unspecified atom stereocenters. The lowest BCUT2D eigenvalue weighted by Crippen LogP contribution is -2.48. The third-order valence-corrected chi connectivity index (χ3v) is 3.62. The van der Waals surface area contributed by atoms with E-state index in [4.69, 9.17) is 0 Å². The zero-order valence-electron chi connectivity index (χ0n) is 12.1. The number of carbonyl (C=O) groups excluding carboxylic acids is 1. The maximum Gasteiger partial charge on any atom is 0.239 e. The van der Waals surface area contributed by atoms with Crippen LogP contribution in [-0.2, 0) is 4.79 Å². The van der Waals surface area contributed by atoms with Crippen LogP contribution in [0.1, 0.15) is 33.6 Å². The van der Waals surface area contributed by atoms with E-state index in [2.05, 4.69) is 38.0 Å². The van der Waals surface area contributed by atoms with Crippen LogP contribution in [0.3, 0.4) is 0 Å². The fourth-order valence-corrected chi connectivity index (χ4v) is 2.07. The summed E-state index contributed by atoms with van der Waals surface area (Å²) in [6.07, 6.45) is 2.05. The van der Waals surface area contributed by atoms with Crippen molar-refractivity contribution in [3.8, 4) is 0 Å². The van der Waals surface area contributed by atoms with Gasteiger partial charge in [-0.2, -0.15) is 0 Å². The topological polar surface area (TPSA) is 35.6 Å². The molecule has 1 fully saturated rings. The van der Waals surface area contributed by atoms with E-state index in [1.165, 1.54) is 0 Å². The van der Waals surface area contributed by atoms with Crippen LogP contribution in [0.2, 0.25) is 0 Å². The molecule has 0 aromatic rings. The van der Waals surface area contributed by atoms with E-state index in [1.807, 2.05) is 14.1 Å². The summed E-state index contributed by atoms with van der Waals surface area (Å²) < 4.78 is 0. The van der Waals surface area contributed by atoms with Gasteiger partial charge in [0.25, 0.3) is 0 Å². The summed E-state index contributed by atoms with van der Waals surface area (Å²) in [6, 6.07) is 0.455. The summed E-state index contributed by atoms with van der Waals surface area (Å²) >= 11 is 0. The van der Waals surface area contributed by atoms with E-state index in [0.717, 1.165) is 19.4 Å². The molecule has 0 spiro atoms. The highest BCUT2D eigenvalue weighted by atomic mass is 16.2. The standard InChI is InChI=1S/C13H27N3O/c1-13(2,3)16(6)9-10-7-8-11(14-10)12(17)15(4)5/h10-11,14H,7-9H2,1-6H3. The molecular weight excluding hydrogens is 214 g/mol. The molecule has 4 heteroatoms. The van der Waals surface area contributed by atoms with Crippen LogP contribution in [0.5, 0.6) is 0 Å². The van der Waals surface area contributed by atoms with E-state index in [9.17, 15) is 4.79 Å². The van der Waals surface area contributed by atoms with Crippen molar-refractivity contribution >= 4 is 5.91 Å².